The number of ether oxygens (including phenoxy) is 1. The van der Waals surface area contributed by atoms with Crippen molar-refractivity contribution in [3.63, 3.8) is 0 Å². The van der Waals surface area contributed by atoms with Crippen molar-refractivity contribution in [3.8, 4) is 0 Å². The van der Waals surface area contributed by atoms with Gasteiger partial charge in [0.15, 0.2) is 0 Å². The summed E-state index contributed by atoms with van der Waals surface area (Å²) in [5.74, 6) is -4.95. The van der Waals surface area contributed by atoms with E-state index < -0.39 is 45.4 Å². The van der Waals surface area contributed by atoms with E-state index >= 15 is 0 Å². The van der Waals surface area contributed by atoms with Crippen molar-refractivity contribution in [2.45, 2.75) is 24.3 Å². The molecule has 0 spiro atoms. The zero-order valence-corrected chi connectivity index (χ0v) is 13.3. The van der Waals surface area contributed by atoms with Gasteiger partial charge in [-0.1, -0.05) is 24.0 Å². The van der Waals surface area contributed by atoms with Gasteiger partial charge in [0, 0.05) is 0 Å². The SMILES string of the molecule is BCc1ccc(C(=O)OC(CS(=O)(=O)O)(C(F)(F)F)C(F)(F)F)cc1. The molecule has 0 aromatic heterocycles. The first-order chi connectivity index (χ1) is 11.1. The highest BCUT2D eigenvalue weighted by atomic mass is 32.2. The van der Waals surface area contributed by atoms with Crippen LogP contribution in [0.2, 0.25) is 0 Å². The molecule has 0 fully saturated rings. The van der Waals surface area contributed by atoms with E-state index in [0.29, 0.717) is 11.9 Å². The fraction of sp³-hybridized carbons (Fsp3) is 0.417. The van der Waals surface area contributed by atoms with E-state index in [0.717, 1.165) is 12.1 Å². The molecule has 0 aliphatic carbocycles. The highest BCUT2D eigenvalue weighted by molar-refractivity contribution is 7.85. The fourth-order valence-electron chi connectivity index (χ4n) is 1.82. The van der Waals surface area contributed by atoms with Crippen molar-refractivity contribution in [2.24, 2.45) is 0 Å². The Hall–Kier alpha value is -1.76. The van der Waals surface area contributed by atoms with Crippen LogP contribution in [0.4, 0.5) is 26.3 Å². The van der Waals surface area contributed by atoms with E-state index in [9.17, 15) is 39.6 Å². The normalized spacial score (nSPS) is 13.6. The predicted molar refractivity (Wildman–Crippen MR) is 75.4 cm³/mol. The van der Waals surface area contributed by atoms with E-state index in [4.69, 9.17) is 4.55 Å². The maximum absolute atomic E-state index is 13.0. The summed E-state index contributed by atoms with van der Waals surface area (Å²) in [6.07, 6.45) is -12.2. The van der Waals surface area contributed by atoms with Crippen molar-refractivity contribution < 1.29 is 48.8 Å². The van der Waals surface area contributed by atoms with Crippen LogP contribution in [0.3, 0.4) is 0 Å². The standard InChI is InChI=1S/C12H11BF6O5S/c13-5-7-1-3-8(4-2-7)9(20)24-10(11(14,15)16,12(17,18)19)6-25(21,22)23/h1-4H,5-6,13H2,(H,21,22,23). The maximum Gasteiger partial charge on any atom is 0.438 e. The first kappa shape index (κ1) is 21.3. The Morgan fingerprint density at radius 1 is 1.04 bits per heavy atom. The molecule has 1 aromatic rings. The number of benzene rings is 1. The van der Waals surface area contributed by atoms with Crippen LogP contribution in [0, 0.1) is 0 Å². The predicted octanol–water partition coefficient (Wildman–Crippen LogP) is 1.73. The van der Waals surface area contributed by atoms with Crippen LogP contribution in [0.25, 0.3) is 0 Å². The summed E-state index contributed by atoms with van der Waals surface area (Å²) in [7, 11) is -4.08. The van der Waals surface area contributed by atoms with Gasteiger partial charge >= 0.3 is 23.9 Å². The Labute approximate surface area is 139 Å². The third-order valence-corrected chi connectivity index (χ3v) is 3.94. The summed E-state index contributed by atoms with van der Waals surface area (Å²) in [5.41, 5.74) is -5.41. The van der Waals surface area contributed by atoms with Crippen molar-refractivity contribution in [2.75, 3.05) is 5.75 Å². The average Bonchev–Trinajstić information content (AvgIpc) is 2.42. The van der Waals surface area contributed by atoms with Gasteiger partial charge in [-0.3, -0.25) is 4.55 Å². The lowest BCUT2D eigenvalue weighted by Gasteiger charge is -2.35. The van der Waals surface area contributed by atoms with Crippen LogP contribution in [0.15, 0.2) is 24.3 Å². The molecule has 0 unspecified atom stereocenters. The van der Waals surface area contributed by atoms with Gasteiger partial charge in [0.25, 0.3) is 10.1 Å². The molecule has 0 aliphatic heterocycles. The molecule has 0 saturated heterocycles. The van der Waals surface area contributed by atoms with Gasteiger partial charge < -0.3 is 4.74 Å². The molecule has 0 radical (unpaired) electrons. The Balaban J connectivity index is 3.38. The number of alkyl halides is 6. The van der Waals surface area contributed by atoms with Gasteiger partial charge in [-0.05, 0) is 12.1 Å². The third-order valence-electron chi connectivity index (χ3n) is 3.17. The molecule has 1 N–H and O–H groups in total. The van der Waals surface area contributed by atoms with Crippen LogP contribution >= 0.6 is 0 Å². The van der Waals surface area contributed by atoms with E-state index in [1.165, 1.54) is 12.1 Å². The number of rotatable bonds is 5. The van der Waals surface area contributed by atoms with Gasteiger partial charge in [0.05, 0.1) is 5.56 Å². The van der Waals surface area contributed by atoms with Gasteiger partial charge in [-0.15, -0.1) is 0 Å². The van der Waals surface area contributed by atoms with E-state index in [2.05, 4.69) is 4.74 Å². The quantitative estimate of drug-likeness (QED) is 0.357. The Bertz CT molecular complexity index is 712. The van der Waals surface area contributed by atoms with Gasteiger partial charge in [0.1, 0.15) is 13.6 Å². The van der Waals surface area contributed by atoms with E-state index in [1.807, 2.05) is 0 Å². The molecule has 0 heterocycles. The van der Waals surface area contributed by atoms with Crippen LogP contribution in [-0.2, 0) is 21.2 Å². The van der Waals surface area contributed by atoms with E-state index in [1.54, 1.807) is 7.85 Å². The monoisotopic (exact) mass is 392 g/mol. The summed E-state index contributed by atoms with van der Waals surface area (Å²) in [5, 5.41) is 0. The first-order valence-corrected chi connectivity index (χ1v) is 8.15. The summed E-state index contributed by atoms with van der Waals surface area (Å²) >= 11 is 0. The molecule has 1 aromatic carbocycles. The van der Waals surface area contributed by atoms with Crippen molar-refractivity contribution in [1.29, 1.82) is 0 Å². The molecule has 0 atom stereocenters. The molecular weight excluding hydrogens is 381 g/mol. The molecule has 25 heavy (non-hydrogen) atoms. The molecule has 1 rings (SSSR count). The Kier molecular flexibility index (Phi) is 5.85. The number of esters is 1. The van der Waals surface area contributed by atoms with Crippen molar-refractivity contribution >= 4 is 23.9 Å². The molecule has 0 aliphatic rings. The minimum Gasteiger partial charge on any atom is -0.435 e. The average molecular weight is 392 g/mol. The number of halogens is 6. The zero-order valence-electron chi connectivity index (χ0n) is 12.5. The van der Waals surface area contributed by atoms with Crippen molar-refractivity contribution in [3.05, 3.63) is 35.4 Å². The lowest BCUT2D eigenvalue weighted by molar-refractivity contribution is -0.356. The molecular formula is C12H11BF6O5S. The Morgan fingerprint density at radius 2 is 1.48 bits per heavy atom. The minimum atomic E-state index is -6.35. The lowest BCUT2D eigenvalue weighted by atomic mass is 9.96. The molecule has 140 valence electrons. The summed E-state index contributed by atoms with van der Waals surface area (Å²) in [6, 6.07) is 4.43. The number of hydrogen-bond acceptors (Lipinski definition) is 4. The Morgan fingerprint density at radius 3 is 1.80 bits per heavy atom. The minimum absolute atomic E-state index is 0.493. The largest absolute Gasteiger partial charge is 0.438 e. The highest BCUT2D eigenvalue weighted by Crippen LogP contribution is 2.47. The molecule has 0 bridgehead atoms. The summed E-state index contributed by atoms with van der Waals surface area (Å²) in [4.78, 5) is 11.7. The second kappa shape index (κ2) is 6.86. The smallest absolute Gasteiger partial charge is 0.435 e. The second-order valence-electron chi connectivity index (χ2n) is 4.99. The number of carbonyl (C=O) groups excluding carboxylic acids is 1. The van der Waals surface area contributed by atoms with E-state index in [-0.39, 0.29) is 0 Å². The molecule has 13 heteroatoms. The highest BCUT2D eigenvalue weighted by Gasteiger charge is 2.76. The fourth-order valence-corrected chi connectivity index (χ4v) is 2.72. The topological polar surface area (TPSA) is 80.7 Å². The number of hydrogen-bond donors (Lipinski definition) is 1. The first-order valence-electron chi connectivity index (χ1n) is 6.54. The number of carbonyl (C=O) groups is 1. The zero-order chi connectivity index (χ0) is 19.7. The molecule has 0 amide bonds. The molecule has 0 saturated carbocycles. The van der Waals surface area contributed by atoms with Crippen LogP contribution in [0.1, 0.15) is 15.9 Å². The van der Waals surface area contributed by atoms with Crippen molar-refractivity contribution in [1.82, 2.24) is 0 Å². The maximum atomic E-state index is 13.0. The van der Waals surface area contributed by atoms with Crippen LogP contribution < -0.4 is 0 Å². The second-order valence-corrected chi connectivity index (χ2v) is 6.44. The molecule has 5 nitrogen and oxygen atoms in total. The van der Waals surface area contributed by atoms with Crippen LogP contribution in [-0.4, -0.2) is 50.5 Å². The van der Waals surface area contributed by atoms with Gasteiger partial charge in [-0.25, -0.2) is 4.79 Å². The summed E-state index contributed by atoms with van der Waals surface area (Å²) < 4.78 is 112. The third kappa shape index (κ3) is 4.88. The van der Waals surface area contributed by atoms with Crippen LogP contribution in [0.5, 0.6) is 0 Å². The lowest BCUT2D eigenvalue weighted by Crippen LogP contribution is -2.63. The summed E-state index contributed by atoms with van der Waals surface area (Å²) in [6.45, 7) is 0. The van der Waals surface area contributed by atoms with Gasteiger partial charge in [0.2, 0.25) is 0 Å². The van der Waals surface area contributed by atoms with Gasteiger partial charge in [-0.2, -0.15) is 34.8 Å².